The van der Waals surface area contributed by atoms with Gasteiger partial charge in [-0.2, -0.15) is 5.10 Å². The van der Waals surface area contributed by atoms with Crippen LogP contribution in [-0.4, -0.2) is 29.0 Å². The van der Waals surface area contributed by atoms with Crippen LogP contribution in [0.1, 0.15) is 18.5 Å². The van der Waals surface area contributed by atoms with E-state index in [1.54, 1.807) is 4.68 Å². The fourth-order valence-corrected chi connectivity index (χ4v) is 2.48. The van der Waals surface area contributed by atoms with Crippen molar-refractivity contribution in [2.75, 3.05) is 13.2 Å². The summed E-state index contributed by atoms with van der Waals surface area (Å²) in [6.45, 7) is 3.48. The molecule has 0 fully saturated rings. The van der Waals surface area contributed by atoms with Crippen molar-refractivity contribution in [1.29, 1.82) is 0 Å². The van der Waals surface area contributed by atoms with E-state index in [1.807, 2.05) is 43.7 Å². The summed E-state index contributed by atoms with van der Waals surface area (Å²) in [4.78, 5) is 0. The Balaban J connectivity index is 1.83. The number of aryl methyl sites for hydroxylation is 1. The molecule has 0 saturated carbocycles. The molecule has 0 spiro atoms. The van der Waals surface area contributed by atoms with E-state index in [0.717, 1.165) is 23.6 Å². The van der Waals surface area contributed by atoms with Crippen LogP contribution in [0.2, 0.25) is 0 Å². The zero-order valence-electron chi connectivity index (χ0n) is 11.7. The van der Waals surface area contributed by atoms with Gasteiger partial charge in [-0.3, -0.25) is 4.68 Å². The molecular formula is C15H19N3O2. The average Bonchev–Trinajstić information content (AvgIpc) is 2.90. The maximum Gasteiger partial charge on any atom is 0.161 e. The molecule has 106 valence electrons. The van der Waals surface area contributed by atoms with Gasteiger partial charge in [0.05, 0.1) is 12.2 Å². The molecule has 2 atom stereocenters. The molecule has 5 nitrogen and oxygen atoms in total. The average molecular weight is 273 g/mol. The molecule has 0 radical (unpaired) electrons. The number of likely N-dealkylation sites (N-methyl/N-ethyl adjacent to an activating group) is 1. The van der Waals surface area contributed by atoms with Crippen LogP contribution in [0.15, 0.2) is 36.7 Å². The fourth-order valence-electron chi connectivity index (χ4n) is 2.48. The van der Waals surface area contributed by atoms with Gasteiger partial charge in [-0.15, -0.1) is 0 Å². The lowest BCUT2D eigenvalue weighted by atomic mass is 10.0. The molecule has 1 aliphatic heterocycles. The highest BCUT2D eigenvalue weighted by atomic mass is 16.6. The van der Waals surface area contributed by atoms with Gasteiger partial charge in [0.25, 0.3) is 0 Å². The van der Waals surface area contributed by atoms with Crippen molar-refractivity contribution in [1.82, 2.24) is 15.1 Å². The maximum atomic E-state index is 6.09. The van der Waals surface area contributed by atoms with E-state index in [2.05, 4.69) is 17.3 Å². The number of hydrogen-bond donors (Lipinski definition) is 1. The Labute approximate surface area is 118 Å². The van der Waals surface area contributed by atoms with Gasteiger partial charge >= 0.3 is 0 Å². The van der Waals surface area contributed by atoms with Gasteiger partial charge in [-0.1, -0.05) is 19.1 Å². The molecule has 5 heteroatoms. The number of para-hydroxylation sites is 2. The number of aromatic nitrogens is 2. The third-order valence-corrected chi connectivity index (χ3v) is 3.41. The fraction of sp³-hybridized carbons (Fsp3) is 0.400. The lowest BCUT2D eigenvalue weighted by Gasteiger charge is -2.32. The first-order valence-electron chi connectivity index (χ1n) is 6.88. The summed E-state index contributed by atoms with van der Waals surface area (Å²) < 4.78 is 13.7. The van der Waals surface area contributed by atoms with E-state index in [1.165, 1.54) is 0 Å². The molecule has 2 aromatic rings. The Morgan fingerprint density at radius 1 is 1.40 bits per heavy atom. The Bertz CT molecular complexity index is 582. The van der Waals surface area contributed by atoms with Gasteiger partial charge in [-0.25, -0.2) is 0 Å². The molecule has 2 unspecified atom stereocenters. The van der Waals surface area contributed by atoms with Crippen LogP contribution in [0.25, 0.3) is 0 Å². The lowest BCUT2D eigenvalue weighted by molar-refractivity contribution is 0.0621. The molecule has 20 heavy (non-hydrogen) atoms. The van der Waals surface area contributed by atoms with Crippen molar-refractivity contribution in [2.24, 2.45) is 7.05 Å². The van der Waals surface area contributed by atoms with Crippen molar-refractivity contribution < 1.29 is 9.47 Å². The number of rotatable bonds is 4. The monoisotopic (exact) mass is 273 g/mol. The molecule has 0 saturated heterocycles. The first-order valence-corrected chi connectivity index (χ1v) is 6.88. The van der Waals surface area contributed by atoms with E-state index < -0.39 is 0 Å². The standard InChI is InChI=1S/C15H19N3O2/c1-3-16-15(11-8-17-18(2)9-11)14-10-19-12-6-4-5-7-13(12)20-14/h4-9,14-16H,3,10H2,1-2H3. The normalized spacial score (nSPS) is 18.8. The summed E-state index contributed by atoms with van der Waals surface area (Å²) in [6.07, 6.45) is 3.82. The Morgan fingerprint density at radius 3 is 2.90 bits per heavy atom. The highest BCUT2D eigenvalue weighted by molar-refractivity contribution is 5.41. The van der Waals surface area contributed by atoms with Crippen molar-refractivity contribution in [2.45, 2.75) is 19.1 Å². The summed E-state index contributed by atoms with van der Waals surface area (Å²) in [5.41, 5.74) is 1.11. The molecular weight excluding hydrogens is 254 g/mol. The quantitative estimate of drug-likeness (QED) is 0.924. The van der Waals surface area contributed by atoms with E-state index in [-0.39, 0.29) is 12.1 Å². The van der Waals surface area contributed by atoms with Gasteiger partial charge in [0.1, 0.15) is 6.61 Å². The number of fused-ring (bicyclic) bond motifs is 1. The van der Waals surface area contributed by atoms with Crippen LogP contribution in [0.4, 0.5) is 0 Å². The maximum absolute atomic E-state index is 6.09. The summed E-state index contributed by atoms with van der Waals surface area (Å²) in [5, 5.41) is 7.69. The van der Waals surface area contributed by atoms with E-state index in [4.69, 9.17) is 9.47 Å². The van der Waals surface area contributed by atoms with Crippen molar-refractivity contribution >= 4 is 0 Å². The third-order valence-electron chi connectivity index (χ3n) is 3.41. The van der Waals surface area contributed by atoms with Crippen LogP contribution in [-0.2, 0) is 7.05 Å². The summed E-state index contributed by atoms with van der Waals surface area (Å²) >= 11 is 0. The zero-order valence-corrected chi connectivity index (χ0v) is 11.7. The molecule has 1 aromatic heterocycles. The number of ether oxygens (including phenoxy) is 2. The molecule has 0 amide bonds. The summed E-state index contributed by atoms with van der Waals surface area (Å²) in [7, 11) is 1.92. The molecule has 0 aliphatic carbocycles. The minimum atomic E-state index is -0.0611. The second-order valence-electron chi connectivity index (χ2n) is 4.90. The van der Waals surface area contributed by atoms with Crippen LogP contribution in [0, 0.1) is 0 Å². The molecule has 1 aliphatic rings. The van der Waals surface area contributed by atoms with Gasteiger partial charge in [0, 0.05) is 18.8 Å². The highest BCUT2D eigenvalue weighted by Gasteiger charge is 2.30. The summed E-state index contributed by atoms with van der Waals surface area (Å²) in [6, 6.07) is 7.84. The second kappa shape index (κ2) is 5.54. The first-order chi connectivity index (χ1) is 9.78. The minimum absolute atomic E-state index is 0.0611. The third kappa shape index (κ3) is 2.49. The number of nitrogens with zero attached hydrogens (tertiary/aromatic N) is 2. The van der Waals surface area contributed by atoms with Gasteiger partial charge < -0.3 is 14.8 Å². The number of hydrogen-bond acceptors (Lipinski definition) is 4. The topological polar surface area (TPSA) is 48.3 Å². The Kier molecular flexibility index (Phi) is 3.60. The number of nitrogens with one attached hydrogen (secondary N) is 1. The van der Waals surface area contributed by atoms with E-state index >= 15 is 0 Å². The van der Waals surface area contributed by atoms with Crippen molar-refractivity contribution in [3.8, 4) is 11.5 Å². The Hall–Kier alpha value is -2.01. The van der Waals surface area contributed by atoms with Crippen molar-refractivity contribution in [3.63, 3.8) is 0 Å². The Morgan fingerprint density at radius 2 is 2.20 bits per heavy atom. The van der Waals surface area contributed by atoms with Gasteiger partial charge in [0.2, 0.25) is 0 Å². The number of benzene rings is 1. The smallest absolute Gasteiger partial charge is 0.161 e. The molecule has 0 bridgehead atoms. The predicted octanol–water partition coefficient (Wildman–Crippen LogP) is 1.91. The van der Waals surface area contributed by atoms with Gasteiger partial charge in [-0.05, 0) is 18.7 Å². The predicted molar refractivity (Wildman–Crippen MR) is 76.0 cm³/mol. The van der Waals surface area contributed by atoms with E-state index in [9.17, 15) is 0 Å². The summed E-state index contributed by atoms with van der Waals surface area (Å²) in [5.74, 6) is 1.61. The SMILES string of the molecule is CCNC(c1cnn(C)c1)C1COc2ccccc2O1. The van der Waals surface area contributed by atoms with Gasteiger partial charge in [0.15, 0.2) is 17.6 Å². The minimum Gasteiger partial charge on any atom is -0.486 e. The van der Waals surface area contributed by atoms with Crippen molar-refractivity contribution in [3.05, 3.63) is 42.2 Å². The van der Waals surface area contributed by atoms with Crippen LogP contribution >= 0.6 is 0 Å². The first kappa shape index (κ1) is 13.0. The van der Waals surface area contributed by atoms with Crippen LogP contribution in [0.3, 0.4) is 0 Å². The second-order valence-corrected chi connectivity index (χ2v) is 4.90. The molecule has 1 N–H and O–H groups in total. The molecule has 3 rings (SSSR count). The van der Waals surface area contributed by atoms with Crippen LogP contribution in [0.5, 0.6) is 11.5 Å². The molecule has 2 heterocycles. The molecule has 1 aromatic carbocycles. The van der Waals surface area contributed by atoms with Crippen LogP contribution < -0.4 is 14.8 Å². The largest absolute Gasteiger partial charge is 0.486 e. The van der Waals surface area contributed by atoms with E-state index in [0.29, 0.717) is 6.61 Å². The lowest BCUT2D eigenvalue weighted by Crippen LogP contribution is -2.41. The zero-order chi connectivity index (χ0) is 13.9. The highest BCUT2D eigenvalue weighted by Crippen LogP contribution is 2.34.